The van der Waals surface area contributed by atoms with Crippen LogP contribution in [0.2, 0.25) is 0 Å². The second kappa shape index (κ2) is 6.53. The second-order valence-electron chi connectivity index (χ2n) is 4.15. The fraction of sp³-hybridized carbons (Fsp3) is 0.308. The SMILES string of the molecule is CC(=O)N[C@H](C(=O)O)C(Cc1ccccc1)C(=O)O. The van der Waals surface area contributed by atoms with Gasteiger partial charge in [0, 0.05) is 6.92 Å². The van der Waals surface area contributed by atoms with Crippen LogP contribution >= 0.6 is 0 Å². The minimum Gasteiger partial charge on any atom is -0.481 e. The first-order chi connectivity index (χ1) is 8.91. The molecule has 1 unspecified atom stereocenters. The zero-order valence-electron chi connectivity index (χ0n) is 10.4. The summed E-state index contributed by atoms with van der Waals surface area (Å²) >= 11 is 0. The lowest BCUT2D eigenvalue weighted by Crippen LogP contribution is -2.48. The highest BCUT2D eigenvalue weighted by Gasteiger charge is 2.34. The first-order valence-electron chi connectivity index (χ1n) is 5.68. The van der Waals surface area contributed by atoms with E-state index in [0.717, 1.165) is 6.92 Å². The molecule has 0 aliphatic carbocycles. The molecule has 0 bridgehead atoms. The van der Waals surface area contributed by atoms with E-state index >= 15 is 0 Å². The molecule has 0 fully saturated rings. The third-order valence-electron chi connectivity index (χ3n) is 2.64. The molecule has 0 aliphatic rings. The largest absolute Gasteiger partial charge is 0.481 e. The summed E-state index contributed by atoms with van der Waals surface area (Å²) in [6.07, 6.45) is 0.0351. The summed E-state index contributed by atoms with van der Waals surface area (Å²) in [6.45, 7) is 1.15. The van der Waals surface area contributed by atoms with Gasteiger partial charge in [0.1, 0.15) is 6.04 Å². The van der Waals surface area contributed by atoms with Crippen LogP contribution in [-0.2, 0) is 20.8 Å². The van der Waals surface area contributed by atoms with E-state index in [1.54, 1.807) is 30.3 Å². The zero-order valence-corrected chi connectivity index (χ0v) is 10.4. The molecule has 0 saturated heterocycles. The Labute approximate surface area is 110 Å². The summed E-state index contributed by atoms with van der Waals surface area (Å²) < 4.78 is 0. The molecule has 1 amide bonds. The van der Waals surface area contributed by atoms with Gasteiger partial charge in [-0.2, -0.15) is 0 Å². The number of carboxylic acids is 2. The molecule has 102 valence electrons. The smallest absolute Gasteiger partial charge is 0.327 e. The van der Waals surface area contributed by atoms with Crippen molar-refractivity contribution < 1.29 is 24.6 Å². The molecule has 1 rings (SSSR count). The normalized spacial score (nSPS) is 13.3. The summed E-state index contributed by atoms with van der Waals surface area (Å²) in [7, 11) is 0. The van der Waals surface area contributed by atoms with Crippen molar-refractivity contribution >= 4 is 17.8 Å². The third kappa shape index (κ3) is 4.42. The van der Waals surface area contributed by atoms with E-state index in [4.69, 9.17) is 10.2 Å². The fourth-order valence-corrected chi connectivity index (χ4v) is 1.77. The van der Waals surface area contributed by atoms with Crippen LogP contribution in [0.15, 0.2) is 30.3 Å². The minimum atomic E-state index is -1.45. The number of amides is 1. The molecule has 1 aromatic carbocycles. The summed E-state index contributed by atoms with van der Waals surface area (Å²) in [5.41, 5.74) is 0.700. The number of carbonyl (C=O) groups excluding carboxylic acids is 1. The first-order valence-corrected chi connectivity index (χ1v) is 5.68. The van der Waals surface area contributed by atoms with E-state index in [0.29, 0.717) is 5.56 Å². The number of rotatable bonds is 6. The monoisotopic (exact) mass is 265 g/mol. The van der Waals surface area contributed by atoms with Crippen LogP contribution in [0.25, 0.3) is 0 Å². The molecule has 0 heterocycles. The molecule has 3 N–H and O–H groups in total. The van der Waals surface area contributed by atoms with Gasteiger partial charge in [0.2, 0.25) is 5.91 Å². The average molecular weight is 265 g/mol. The van der Waals surface area contributed by atoms with E-state index in [-0.39, 0.29) is 6.42 Å². The predicted molar refractivity (Wildman–Crippen MR) is 66.5 cm³/mol. The Kier molecular flexibility index (Phi) is 5.05. The Morgan fingerprint density at radius 2 is 1.68 bits per heavy atom. The Morgan fingerprint density at radius 1 is 1.11 bits per heavy atom. The third-order valence-corrected chi connectivity index (χ3v) is 2.64. The minimum absolute atomic E-state index is 0.0351. The zero-order chi connectivity index (χ0) is 14.4. The molecule has 0 saturated carbocycles. The van der Waals surface area contributed by atoms with Gasteiger partial charge in [0.05, 0.1) is 5.92 Å². The number of aliphatic carboxylic acids is 2. The molecule has 0 aliphatic heterocycles. The van der Waals surface area contributed by atoms with Crippen molar-refractivity contribution in [3.05, 3.63) is 35.9 Å². The van der Waals surface area contributed by atoms with Crippen LogP contribution in [0.1, 0.15) is 12.5 Å². The van der Waals surface area contributed by atoms with Gasteiger partial charge in [-0.05, 0) is 12.0 Å². The van der Waals surface area contributed by atoms with Crippen molar-refractivity contribution in [2.24, 2.45) is 5.92 Å². The second-order valence-corrected chi connectivity index (χ2v) is 4.15. The highest BCUT2D eigenvalue weighted by Crippen LogP contribution is 2.14. The number of hydrogen-bond donors (Lipinski definition) is 3. The van der Waals surface area contributed by atoms with Crippen molar-refractivity contribution in [2.45, 2.75) is 19.4 Å². The van der Waals surface area contributed by atoms with Gasteiger partial charge in [-0.3, -0.25) is 9.59 Å². The van der Waals surface area contributed by atoms with Gasteiger partial charge in [-0.1, -0.05) is 30.3 Å². The maximum Gasteiger partial charge on any atom is 0.327 e. The molecule has 6 heteroatoms. The summed E-state index contributed by atoms with van der Waals surface area (Å²) in [4.78, 5) is 33.3. The summed E-state index contributed by atoms with van der Waals surface area (Å²) in [5, 5.41) is 20.4. The maximum atomic E-state index is 11.2. The van der Waals surface area contributed by atoms with E-state index in [1.807, 2.05) is 0 Å². The van der Waals surface area contributed by atoms with Gasteiger partial charge < -0.3 is 15.5 Å². The van der Waals surface area contributed by atoms with Crippen LogP contribution in [0.5, 0.6) is 0 Å². The van der Waals surface area contributed by atoms with Crippen molar-refractivity contribution in [1.29, 1.82) is 0 Å². The van der Waals surface area contributed by atoms with Gasteiger partial charge >= 0.3 is 11.9 Å². The standard InChI is InChI=1S/C13H15NO5/c1-8(15)14-11(13(18)19)10(12(16)17)7-9-5-3-2-4-6-9/h2-6,10-11H,7H2,1H3,(H,14,15)(H,16,17)(H,18,19)/t10?,11-/m0/s1. The van der Waals surface area contributed by atoms with Crippen molar-refractivity contribution in [1.82, 2.24) is 5.32 Å². The highest BCUT2D eigenvalue weighted by molar-refractivity contribution is 5.87. The van der Waals surface area contributed by atoms with E-state index < -0.39 is 29.8 Å². The predicted octanol–water partition coefficient (Wildman–Crippen LogP) is 0.519. The summed E-state index contributed by atoms with van der Waals surface area (Å²) in [6, 6.07) is 7.23. The number of benzene rings is 1. The van der Waals surface area contributed by atoms with Crippen LogP contribution in [0.3, 0.4) is 0 Å². The van der Waals surface area contributed by atoms with Crippen molar-refractivity contribution in [3.63, 3.8) is 0 Å². The van der Waals surface area contributed by atoms with Crippen LogP contribution < -0.4 is 5.32 Å². The molecule has 1 aromatic rings. The van der Waals surface area contributed by atoms with E-state index in [1.165, 1.54) is 0 Å². The topological polar surface area (TPSA) is 104 Å². The van der Waals surface area contributed by atoms with Crippen LogP contribution in [-0.4, -0.2) is 34.1 Å². The Hall–Kier alpha value is -2.37. The fourth-order valence-electron chi connectivity index (χ4n) is 1.77. The Bertz CT molecular complexity index is 471. The van der Waals surface area contributed by atoms with E-state index in [2.05, 4.69) is 5.32 Å². The van der Waals surface area contributed by atoms with E-state index in [9.17, 15) is 14.4 Å². The maximum absolute atomic E-state index is 11.2. The lowest BCUT2D eigenvalue weighted by Gasteiger charge is -2.21. The molecule has 19 heavy (non-hydrogen) atoms. The number of nitrogens with one attached hydrogen (secondary N) is 1. The average Bonchev–Trinajstić information content (AvgIpc) is 2.34. The number of carbonyl (C=O) groups is 3. The van der Waals surface area contributed by atoms with Crippen molar-refractivity contribution in [2.75, 3.05) is 0 Å². The molecule has 6 nitrogen and oxygen atoms in total. The summed E-state index contributed by atoms with van der Waals surface area (Å²) in [5.74, 6) is -4.42. The Morgan fingerprint density at radius 3 is 2.11 bits per heavy atom. The van der Waals surface area contributed by atoms with Gasteiger partial charge in [0.25, 0.3) is 0 Å². The van der Waals surface area contributed by atoms with Crippen molar-refractivity contribution in [3.8, 4) is 0 Å². The number of hydrogen-bond acceptors (Lipinski definition) is 3. The molecular formula is C13H15NO5. The Balaban J connectivity index is 2.94. The lowest BCUT2D eigenvalue weighted by atomic mass is 9.92. The van der Waals surface area contributed by atoms with Crippen LogP contribution in [0, 0.1) is 5.92 Å². The van der Waals surface area contributed by atoms with Crippen LogP contribution in [0.4, 0.5) is 0 Å². The van der Waals surface area contributed by atoms with Gasteiger partial charge in [-0.15, -0.1) is 0 Å². The quantitative estimate of drug-likeness (QED) is 0.695. The first kappa shape index (κ1) is 14.7. The molecule has 0 spiro atoms. The number of carboxylic acid groups (broad SMARTS) is 2. The highest BCUT2D eigenvalue weighted by atomic mass is 16.4. The molecule has 0 radical (unpaired) electrons. The molecule has 2 atom stereocenters. The van der Waals surface area contributed by atoms with Gasteiger partial charge in [0.15, 0.2) is 0 Å². The molecule has 0 aromatic heterocycles. The van der Waals surface area contributed by atoms with Gasteiger partial charge in [-0.25, -0.2) is 4.79 Å². The lowest BCUT2D eigenvalue weighted by molar-refractivity contribution is -0.152. The molecular weight excluding hydrogens is 250 g/mol.